The molecule has 6 nitrogen and oxygen atoms in total. The van der Waals surface area contributed by atoms with Crippen LogP contribution < -0.4 is 0 Å². The van der Waals surface area contributed by atoms with Gasteiger partial charge in [-0.1, -0.05) is 18.2 Å². The molecule has 0 aromatic rings. The highest BCUT2D eigenvalue weighted by Gasteiger charge is 2.15. The Morgan fingerprint density at radius 2 is 0.955 bits per heavy atom. The number of carbonyl (C=O) groups excluding carboxylic acids is 3. The van der Waals surface area contributed by atoms with Crippen LogP contribution in [0.2, 0.25) is 0 Å². The molecule has 0 N–H and O–H groups in total. The monoisotopic (exact) mass is 310 g/mol. The van der Waals surface area contributed by atoms with Crippen molar-refractivity contribution in [3.05, 3.63) is 36.5 Å². The van der Waals surface area contributed by atoms with Gasteiger partial charge in [-0.3, -0.25) is 0 Å². The van der Waals surface area contributed by atoms with Gasteiger partial charge in [0, 0.05) is 18.2 Å². The Hall–Kier alpha value is -2.37. The minimum absolute atomic E-state index is 0.0184. The van der Waals surface area contributed by atoms with E-state index in [-0.39, 0.29) is 19.8 Å². The van der Waals surface area contributed by atoms with Crippen LogP contribution in [0.15, 0.2) is 36.5 Å². The number of esters is 3. The Bertz CT molecular complexity index is 381. The maximum absolute atomic E-state index is 11.3. The molecule has 0 fully saturated rings. The van der Waals surface area contributed by atoms with E-state index in [4.69, 9.17) is 14.2 Å². The average Bonchev–Trinajstić information content (AvgIpc) is 2.47. The molecule has 0 radical (unpaired) electrons. The lowest BCUT2D eigenvalue weighted by Crippen LogP contribution is -2.25. The molecule has 0 heterocycles. The summed E-state index contributed by atoms with van der Waals surface area (Å²) in [5.74, 6) is -1.95. The number of hydrogen-bond acceptors (Lipinski definition) is 6. The van der Waals surface area contributed by atoms with Crippen LogP contribution >= 0.6 is 0 Å². The van der Waals surface area contributed by atoms with Crippen molar-refractivity contribution >= 4 is 17.9 Å². The zero-order valence-corrected chi connectivity index (χ0v) is 13.1. The molecule has 0 atom stereocenters. The van der Waals surface area contributed by atoms with Crippen LogP contribution in [0, 0.1) is 5.92 Å². The minimum Gasteiger partial charge on any atom is -0.462 e. The van der Waals surface area contributed by atoms with Gasteiger partial charge in [0.2, 0.25) is 0 Å². The molecule has 0 aliphatic rings. The summed E-state index contributed by atoms with van der Waals surface area (Å²) < 4.78 is 15.0. The Morgan fingerprint density at radius 1 is 0.682 bits per heavy atom. The van der Waals surface area contributed by atoms with Gasteiger partial charge in [0.15, 0.2) is 0 Å². The maximum atomic E-state index is 11.3. The number of ether oxygens (including phenoxy) is 3. The van der Waals surface area contributed by atoms with Gasteiger partial charge in [-0.05, 0) is 20.8 Å². The summed E-state index contributed by atoms with van der Waals surface area (Å²) in [4.78, 5) is 33.8. The Kier molecular flexibility index (Phi) is 11.0. The van der Waals surface area contributed by atoms with Crippen molar-refractivity contribution < 1.29 is 28.6 Å². The number of hydrogen-bond donors (Lipinski definition) is 0. The Balaban J connectivity index is 4.44. The van der Waals surface area contributed by atoms with E-state index in [1.54, 1.807) is 39.0 Å². The van der Waals surface area contributed by atoms with E-state index in [0.717, 1.165) is 0 Å². The zero-order valence-electron chi connectivity index (χ0n) is 13.1. The Morgan fingerprint density at radius 3 is 1.18 bits per heavy atom. The van der Waals surface area contributed by atoms with Gasteiger partial charge in [-0.25, -0.2) is 14.4 Å². The molecular weight excluding hydrogens is 288 g/mol. The zero-order chi connectivity index (χ0) is 16.8. The SMILES string of the molecule is C/C=C\C(=O)OCC(COC(=O)/C=C\C)COC(=O)/C=C\C. The fourth-order valence-corrected chi connectivity index (χ4v) is 1.30. The second kappa shape index (κ2) is 12.4. The topological polar surface area (TPSA) is 78.9 Å². The second-order valence-electron chi connectivity index (χ2n) is 4.26. The predicted molar refractivity (Wildman–Crippen MR) is 80.8 cm³/mol. The van der Waals surface area contributed by atoms with Crippen molar-refractivity contribution in [1.29, 1.82) is 0 Å². The third-order valence-electron chi connectivity index (χ3n) is 2.29. The molecule has 0 amide bonds. The normalized spacial score (nSPS) is 11.5. The standard InChI is InChI=1S/C16H22O6/c1-4-7-14(17)20-10-13(11-21-15(18)8-5-2)12-22-16(19)9-6-3/h4-9,13H,10-12H2,1-3H3/b7-4-,8-5-,9-6-. The van der Waals surface area contributed by atoms with E-state index in [1.807, 2.05) is 0 Å². The molecule has 0 saturated carbocycles. The first kappa shape index (κ1) is 19.6. The minimum atomic E-state index is -0.507. The van der Waals surface area contributed by atoms with Gasteiger partial charge in [0.05, 0.1) is 5.92 Å². The van der Waals surface area contributed by atoms with Gasteiger partial charge >= 0.3 is 17.9 Å². The molecule has 0 bridgehead atoms. The molecule has 0 aromatic carbocycles. The van der Waals surface area contributed by atoms with Crippen LogP contribution in [0.5, 0.6) is 0 Å². The lowest BCUT2D eigenvalue weighted by atomic mass is 10.2. The fourth-order valence-electron chi connectivity index (χ4n) is 1.30. The highest BCUT2D eigenvalue weighted by atomic mass is 16.6. The number of rotatable bonds is 9. The van der Waals surface area contributed by atoms with Crippen LogP contribution in [0.3, 0.4) is 0 Å². The van der Waals surface area contributed by atoms with E-state index >= 15 is 0 Å². The molecule has 122 valence electrons. The molecule has 6 heteroatoms. The summed E-state index contributed by atoms with van der Waals surface area (Å²) in [6, 6.07) is 0. The van der Waals surface area contributed by atoms with Crippen LogP contribution in [0.1, 0.15) is 20.8 Å². The molecule has 0 spiro atoms. The first-order valence-corrected chi connectivity index (χ1v) is 6.91. The van der Waals surface area contributed by atoms with Gasteiger partial charge in [0.1, 0.15) is 19.8 Å². The molecule has 22 heavy (non-hydrogen) atoms. The summed E-state index contributed by atoms with van der Waals surface area (Å²) in [7, 11) is 0. The van der Waals surface area contributed by atoms with E-state index in [1.165, 1.54) is 18.2 Å². The van der Waals surface area contributed by atoms with Crippen molar-refractivity contribution in [2.75, 3.05) is 19.8 Å². The highest BCUT2D eigenvalue weighted by molar-refractivity contribution is 5.82. The first-order chi connectivity index (χ1) is 10.5. The lowest BCUT2D eigenvalue weighted by molar-refractivity contribution is -0.147. The first-order valence-electron chi connectivity index (χ1n) is 6.91. The van der Waals surface area contributed by atoms with E-state index in [9.17, 15) is 14.4 Å². The summed E-state index contributed by atoms with van der Waals surface area (Å²) in [6.45, 7) is 5.02. The second-order valence-corrected chi connectivity index (χ2v) is 4.26. The van der Waals surface area contributed by atoms with E-state index < -0.39 is 23.8 Å². The highest BCUT2D eigenvalue weighted by Crippen LogP contribution is 2.03. The fraction of sp³-hybridized carbons (Fsp3) is 0.438. The average molecular weight is 310 g/mol. The third kappa shape index (κ3) is 10.4. The van der Waals surface area contributed by atoms with Gasteiger partial charge in [-0.2, -0.15) is 0 Å². The van der Waals surface area contributed by atoms with Crippen molar-refractivity contribution in [3.63, 3.8) is 0 Å². The molecule has 0 saturated heterocycles. The van der Waals surface area contributed by atoms with Gasteiger partial charge in [0.25, 0.3) is 0 Å². The van der Waals surface area contributed by atoms with E-state index in [0.29, 0.717) is 0 Å². The molecule has 0 rings (SSSR count). The third-order valence-corrected chi connectivity index (χ3v) is 2.29. The molecule has 0 aromatic heterocycles. The quantitative estimate of drug-likeness (QED) is 0.368. The van der Waals surface area contributed by atoms with Crippen LogP contribution in [-0.2, 0) is 28.6 Å². The Labute approximate surface area is 130 Å². The van der Waals surface area contributed by atoms with Gasteiger partial charge in [-0.15, -0.1) is 0 Å². The van der Waals surface area contributed by atoms with Crippen LogP contribution in [0.4, 0.5) is 0 Å². The number of allylic oxidation sites excluding steroid dienone is 3. The smallest absolute Gasteiger partial charge is 0.330 e. The molecule has 0 unspecified atom stereocenters. The maximum Gasteiger partial charge on any atom is 0.330 e. The van der Waals surface area contributed by atoms with Crippen molar-refractivity contribution in [2.24, 2.45) is 5.92 Å². The predicted octanol–water partition coefficient (Wildman–Crippen LogP) is 1.96. The van der Waals surface area contributed by atoms with Crippen molar-refractivity contribution in [3.8, 4) is 0 Å². The largest absolute Gasteiger partial charge is 0.462 e. The lowest BCUT2D eigenvalue weighted by Gasteiger charge is -2.16. The van der Waals surface area contributed by atoms with Gasteiger partial charge < -0.3 is 14.2 Å². The summed E-state index contributed by atoms with van der Waals surface area (Å²) in [5.41, 5.74) is 0. The molecule has 0 aliphatic carbocycles. The van der Waals surface area contributed by atoms with Crippen LogP contribution in [0.25, 0.3) is 0 Å². The number of carbonyl (C=O) groups is 3. The molecular formula is C16H22O6. The van der Waals surface area contributed by atoms with E-state index in [2.05, 4.69) is 0 Å². The van der Waals surface area contributed by atoms with Crippen molar-refractivity contribution in [1.82, 2.24) is 0 Å². The summed E-state index contributed by atoms with van der Waals surface area (Å²) >= 11 is 0. The summed E-state index contributed by atoms with van der Waals surface area (Å²) in [5, 5.41) is 0. The molecule has 0 aliphatic heterocycles. The van der Waals surface area contributed by atoms with Crippen LogP contribution in [-0.4, -0.2) is 37.7 Å². The van der Waals surface area contributed by atoms with Crippen molar-refractivity contribution in [2.45, 2.75) is 20.8 Å². The summed E-state index contributed by atoms with van der Waals surface area (Å²) in [6.07, 6.45) is 8.47.